The number of carbonyl (C=O) groups excluding carboxylic acids is 2. The van der Waals surface area contributed by atoms with E-state index in [1.54, 1.807) is 0 Å². The average molecular weight is 661 g/mol. The number of primary amides is 1. The summed E-state index contributed by atoms with van der Waals surface area (Å²) in [7, 11) is -2.31. The Morgan fingerprint density at radius 2 is 1.82 bits per heavy atom. The number of aromatic nitrogens is 2. The highest BCUT2D eigenvalue weighted by Gasteiger charge is 2.53. The second-order valence-corrected chi connectivity index (χ2v) is 11.3. The molecule has 1 aromatic heterocycles. The van der Waals surface area contributed by atoms with Gasteiger partial charge in [0.1, 0.15) is 24.4 Å². The summed E-state index contributed by atoms with van der Waals surface area (Å²) in [5.74, 6) is 0.236. The highest BCUT2D eigenvalue weighted by Crippen LogP contribution is 2.42. The van der Waals surface area contributed by atoms with Crippen molar-refractivity contribution in [1.29, 1.82) is 0 Å². The van der Waals surface area contributed by atoms with Crippen molar-refractivity contribution in [3.05, 3.63) is 82.0 Å². The number of carbonyl (C=O) groups is 2. The van der Waals surface area contributed by atoms with Gasteiger partial charge in [-0.3, -0.25) is 23.9 Å². The summed E-state index contributed by atoms with van der Waals surface area (Å²) in [5, 5.41) is 34.1. The lowest BCUT2D eigenvalue weighted by Gasteiger charge is -2.35. The Morgan fingerprint density at radius 3 is 2.40 bits per heavy atom. The van der Waals surface area contributed by atoms with Gasteiger partial charge < -0.3 is 45.3 Å². The largest absolute Gasteiger partial charge is 0.493 e. The fourth-order valence-corrected chi connectivity index (χ4v) is 5.14. The van der Waals surface area contributed by atoms with E-state index in [4.69, 9.17) is 24.7 Å². The van der Waals surface area contributed by atoms with Gasteiger partial charge in [-0.05, 0) is 30.3 Å². The summed E-state index contributed by atoms with van der Waals surface area (Å²) in [5.41, 5.74) is -0.707. The molecule has 7 N–H and O–H groups in total. The van der Waals surface area contributed by atoms with E-state index in [0.717, 1.165) is 41.3 Å². The number of halogens is 3. The van der Waals surface area contributed by atoms with Gasteiger partial charge in [0.15, 0.2) is 24.2 Å². The molecule has 0 saturated carbocycles. The second-order valence-electron chi connectivity index (χ2n) is 9.54. The molecule has 2 aliphatic heterocycles. The van der Waals surface area contributed by atoms with Crippen molar-refractivity contribution < 1.29 is 57.0 Å². The SMILES string of the molecule is C=CO[C@H]1[C@@H](O)[C@H](n2ccc(=O)[nH]c2=O)O[C@@H]1[C@@H](O[C@H]1OC(C(=O)Nc2ccc(S(=C)C(F)(F)F)cc2)=C[C@H](O)[C@@H]1O)C(N)=O. The fourth-order valence-electron chi connectivity index (χ4n) is 4.41. The number of rotatable bonds is 10. The van der Waals surface area contributed by atoms with Crippen LogP contribution in [0.4, 0.5) is 18.9 Å². The van der Waals surface area contributed by atoms with Crippen LogP contribution in [0.2, 0.25) is 0 Å². The minimum Gasteiger partial charge on any atom is -0.493 e. The van der Waals surface area contributed by atoms with Crippen LogP contribution in [0.3, 0.4) is 0 Å². The van der Waals surface area contributed by atoms with Crippen LogP contribution in [0.1, 0.15) is 6.23 Å². The Labute approximate surface area is 253 Å². The van der Waals surface area contributed by atoms with E-state index in [2.05, 4.69) is 17.8 Å². The van der Waals surface area contributed by atoms with Crippen LogP contribution in [-0.4, -0.2) is 91.0 Å². The number of aromatic amines is 1. The van der Waals surface area contributed by atoms with E-state index < -0.39 is 94.0 Å². The molecule has 0 spiro atoms. The highest BCUT2D eigenvalue weighted by molar-refractivity contribution is 8.14. The summed E-state index contributed by atoms with van der Waals surface area (Å²) < 4.78 is 61.6. The predicted octanol–water partition coefficient (Wildman–Crippen LogP) is -0.626. The first-order valence-electron chi connectivity index (χ1n) is 12.7. The van der Waals surface area contributed by atoms with E-state index in [-0.39, 0.29) is 10.6 Å². The number of aliphatic hydroxyl groups excluding tert-OH is 3. The van der Waals surface area contributed by atoms with Gasteiger partial charge in [0.05, 0.1) is 6.26 Å². The van der Waals surface area contributed by atoms with Gasteiger partial charge in [-0.25, -0.2) is 4.79 Å². The number of ether oxygens (including phenoxy) is 4. The van der Waals surface area contributed by atoms with Gasteiger partial charge in [-0.2, -0.15) is 13.2 Å². The molecule has 1 saturated heterocycles. The number of amides is 2. The third kappa shape index (κ3) is 7.35. The third-order valence-electron chi connectivity index (χ3n) is 6.58. The van der Waals surface area contributed by atoms with Crippen molar-refractivity contribution in [2.45, 2.75) is 59.5 Å². The summed E-state index contributed by atoms with van der Waals surface area (Å²) in [6, 6.07) is 5.57. The van der Waals surface area contributed by atoms with Gasteiger partial charge in [-0.15, -0.1) is 0 Å². The van der Waals surface area contributed by atoms with Gasteiger partial charge >= 0.3 is 11.2 Å². The van der Waals surface area contributed by atoms with E-state index in [1.807, 2.05) is 4.98 Å². The smallest absolute Gasteiger partial charge is 0.440 e. The Morgan fingerprint density at radius 1 is 1.16 bits per heavy atom. The van der Waals surface area contributed by atoms with Crippen molar-refractivity contribution in [3.8, 4) is 0 Å². The van der Waals surface area contributed by atoms with Crippen LogP contribution < -0.4 is 22.3 Å². The molecular formula is C26H27F3N4O11S. The minimum atomic E-state index is -4.56. The molecule has 0 radical (unpaired) electrons. The van der Waals surface area contributed by atoms with Crippen LogP contribution in [0.25, 0.3) is 0 Å². The van der Waals surface area contributed by atoms with Crippen molar-refractivity contribution >= 4 is 33.9 Å². The Hall–Kier alpha value is -4.27. The number of anilines is 1. The molecular weight excluding hydrogens is 633 g/mol. The first-order chi connectivity index (χ1) is 21.1. The standard InChI is InChI=1S/C26H27F3N4O11S/c1-3-41-18-17(37)23(33-9-8-15(35)32-25(33)40)43-19(18)20(21(30)38)44-24-16(36)13(34)10-14(42-24)22(39)31-11-4-6-12(7-5-11)45(2)26(27,28)29/h3-10,13,16-20,23-24,34,36-37H,1-2H2,(H2,30,38)(H,31,39)(H,32,35,40)/t13-,16-,17+,18-,19-,20+,23+,24+,45?/m0/s1. The summed E-state index contributed by atoms with van der Waals surface area (Å²) in [4.78, 5) is 51.0. The molecule has 4 rings (SSSR count). The Balaban J connectivity index is 1.52. The van der Waals surface area contributed by atoms with E-state index in [0.29, 0.717) is 0 Å². The molecule has 0 bridgehead atoms. The molecule has 19 heteroatoms. The molecule has 9 atom stereocenters. The first kappa shape index (κ1) is 33.6. The lowest BCUT2D eigenvalue weighted by molar-refractivity contribution is -0.240. The van der Waals surface area contributed by atoms with Crippen LogP contribution in [-0.2, 0) is 28.5 Å². The highest BCUT2D eigenvalue weighted by atomic mass is 32.2. The Kier molecular flexibility index (Phi) is 10.00. The molecule has 2 aromatic rings. The van der Waals surface area contributed by atoms with Gasteiger partial charge in [-0.1, -0.05) is 22.9 Å². The van der Waals surface area contributed by atoms with Crippen LogP contribution in [0, 0.1) is 0 Å². The lowest BCUT2D eigenvalue weighted by atomic mass is 10.0. The summed E-state index contributed by atoms with van der Waals surface area (Å²) in [6.45, 7) is 3.39. The predicted molar refractivity (Wildman–Crippen MR) is 149 cm³/mol. The zero-order valence-corrected chi connectivity index (χ0v) is 23.6. The maximum Gasteiger partial charge on any atom is 0.440 e. The number of H-pyrrole nitrogens is 1. The van der Waals surface area contributed by atoms with E-state index in [1.165, 1.54) is 12.1 Å². The topological polar surface area (TPSA) is 225 Å². The summed E-state index contributed by atoms with van der Waals surface area (Å²) in [6.07, 6.45) is -11.1. The first-order valence-corrected chi connectivity index (χ1v) is 14.1. The number of hydrogen-bond acceptors (Lipinski definition) is 11. The summed E-state index contributed by atoms with van der Waals surface area (Å²) >= 11 is 0. The average Bonchev–Trinajstić information content (AvgIpc) is 3.28. The number of aliphatic hydroxyl groups is 3. The van der Waals surface area contributed by atoms with Crippen molar-refractivity contribution in [1.82, 2.24) is 9.55 Å². The van der Waals surface area contributed by atoms with E-state index in [9.17, 15) is 47.7 Å². The number of nitrogens with one attached hydrogen (secondary N) is 2. The van der Waals surface area contributed by atoms with Crippen LogP contribution in [0.15, 0.2) is 75.7 Å². The molecule has 45 heavy (non-hydrogen) atoms. The van der Waals surface area contributed by atoms with Gasteiger partial charge in [0.25, 0.3) is 11.5 Å². The maximum atomic E-state index is 13.0. The third-order valence-corrected chi connectivity index (χ3v) is 7.98. The number of nitrogens with two attached hydrogens (primary N) is 1. The van der Waals surface area contributed by atoms with Crippen molar-refractivity contribution in [2.75, 3.05) is 5.32 Å². The molecule has 2 amide bonds. The van der Waals surface area contributed by atoms with Gasteiger partial charge in [0, 0.05) is 22.8 Å². The molecule has 2 aliphatic rings. The second kappa shape index (κ2) is 13.4. The van der Waals surface area contributed by atoms with Crippen molar-refractivity contribution in [2.24, 2.45) is 5.73 Å². The number of alkyl halides is 3. The zero-order valence-electron chi connectivity index (χ0n) is 22.8. The quantitative estimate of drug-likeness (QED) is 0.139. The van der Waals surface area contributed by atoms with Crippen molar-refractivity contribution in [3.63, 3.8) is 0 Å². The molecule has 1 fully saturated rings. The number of benzene rings is 1. The molecule has 244 valence electrons. The maximum absolute atomic E-state index is 13.0. The lowest BCUT2D eigenvalue weighted by Crippen LogP contribution is -2.53. The minimum absolute atomic E-state index is 0.0433. The molecule has 1 aromatic carbocycles. The molecule has 3 heterocycles. The Bertz CT molecular complexity index is 1610. The monoisotopic (exact) mass is 660 g/mol. The normalized spacial score (nSPS) is 27.9. The fraction of sp³-hybridized carbons (Fsp3) is 0.346. The molecule has 1 unspecified atom stereocenters. The van der Waals surface area contributed by atoms with E-state index >= 15 is 0 Å². The molecule has 15 nitrogen and oxygen atoms in total. The molecule has 0 aliphatic carbocycles. The van der Waals surface area contributed by atoms with Crippen LogP contribution in [0.5, 0.6) is 0 Å². The number of nitrogens with zero attached hydrogens (tertiary/aromatic N) is 1. The number of hydrogen-bond donors (Lipinski definition) is 6. The zero-order chi connectivity index (χ0) is 33.2. The van der Waals surface area contributed by atoms with Crippen LogP contribution >= 0.6 is 10.5 Å². The van der Waals surface area contributed by atoms with Gasteiger partial charge in [0.2, 0.25) is 12.2 Å².